The standard InChI is InChI=1S/C23H34N4O3S/c1-16-7-8-17-18(14-16)31-23-21(17)22(24-9-5-3-4-6-20(28)29-2)25-19(26-23)15-27-10-12-30-13-11-27/h16H,3-15H2,1-2H3,(H,24,25,26). The molecule has 1 fully saturated rings. The minimum absolute atomic E-state index is 0.127. The van der Waals surface area contributed by atoms with E-state index in [0.29, 0.717) is 6.42 Å². The Morgan fingerprint density at radius 2 is 2.10 bits per heavy atom. The summed E-state index contributed by atoms with van der Waals surface area (Å²) in [5.74, 6) is 2.51. The van der Waals surface area contributed by atoms with Crippen LogP contribution in [0.5, 0.6) is 0 Å². The van der Waals surface area contributed by atoms with Gasteiger partial charge in [-0.15, -0.1) is 11.3 Å². The van der Waals surface area contributed by atoms with E-state index in [1.165, 1.54) is 29.4 Å². The zero-order valence-corrected chi connectivity index (χ0v) is 19.6. The van der Waals surface area contributed by atoms with Crippen LogP contribution in [0.3, 0.4) is 0 Å². The molecular weight excluding hydrogens is 412 g/mol. The molecule has 8 heteroatoms. The van der Waals surface area contributed by atoms with Gasteiger partial charge in [0.2, 0.25) is 0 Å². The normalized spacial score (nSPS) is 19.4. The minimum atomic E-state index is -0.127. The fourth-order valence-corrected chi connectivity index (χ4v) is 5.83. The number of aromatic nitrogens is 2. The van der Waals surface area contributed by atoms with Gasteiger partial charge in [-0.2, -0.15) is 0 Å². The van der Waals surface area contributed by atoms with Gasteiger partial charge in [-0.1, -0.05) is 13.3 Å². The number of anilines is 1. The Kier molecular flexibility index (Phi) is 7.74. The maximum absolute atomic E-state index is 11.3. The van der Waals surface area contributed by atoms with Gasteiger partial charge in [0, 0.05) is 30.9 Å². The lowest BCUT2D eigenvalue weighted by Crippen LogP contribution is -2.36. The number of nitrogens with one attached hydrogen (secondary N) is 1. The van der Waals surface area contributed by atoms with Crippen molar-refractivity contribution in [2.45, 2.75) is 58.4 Å². The molecule has 170 valence electrons. The predicted octanol–water partition coefficient (Wildman–Crippen LogP) is 3.79. The summed E-state index contributed by atoms with van der Waals surface area (Å²) in [5.41, 5.74) is 1.46. The second kappa shape index (κ2) is 10.7. The number of hydrogen-bond acceptors (Lipinski definition) is 8. The molecule has 1 saturated heterocycles. The van der Waals surface area contributed by atoms with Gasteiger partial charge in [-0.25, -0.2) is 9.97 Å². The number of esters is 1. The number of fused-ring (bicyclic) bond motifs is 3. The van der Waals surface area contributed by atoms with Gasteiger partial charge in [0.05, 0.1) is 32.3 Å². The van der Waals surface area contributed by atoms with Gasteiger partial charge in [-0.3, -0.25) is 9.69 Å². The van der Waals surface area contributed by atoms with Crippen molar-refractivity contribution >= 4 is 33.3 Å². The molecule has 2 aromatic heterocycles. The largest absolute Gasteiger partial charge is 0.469 e. The summed E-state index contributed by atoms with van der Waals surface area (Å²) in [6.07, 6.45) is 6.87. The number of carbonyl (C=O) groups is 1. The van der Waals surface area contributed by atoms with Gasteiger partial charge in [-0.05, 0) is 43.6 Å². The van der Waals surface area contributed by atoms with Crippen LogP contribution < -0.4 is 5.32 Å². The highest BCUT2D eigenvalue weighted by molar-refractivity contribution is 7.19. The Balaban J connectivity index is 1.48. The zero-order chi connectivity index (χ0) is 21.6. The van der Waals surface area contributed by atoms with Gasteiger partial charge < -0.3 is 14.8 Å². The SMILES string of the molecule is COC(=O)CCCCCNc1nc(CN2CCOCC2)nc2sc3c(c12)CCC(C)C3. The maximum atomic E-state index is 11.3. The highest BCUT2D eigenvalue weighted by Gasteiger charge is 2.24. The summed E-state index contributed by atoms with van der Waals surface area (Å²) >= 11 is 1.86. The van der Waals surface area contributed by atoms with Crippen LogP contribution in [0.4, 0.5) is 5.82 Å². The molecule has 0 spiro atoms. The van der Waals surface area contributed by atoms with Crippen LogP contribution >= 0.6 is 11.3 Å². The first-order valence-corrected chi connectivity index (χ1v) is 12.4. The second-order valence-corrected chi connectivity index (χ2v) is 9.81. The van der Waals surface area contributed by atoms with E-state index >= 15 is 0 Å². The van der Waals surface area contributed by atoms with E-state index in [0.717, 1.165) is 93.9 Å². The third-order valence-corrected chi connectivity index (χ3v) is 7.40. The molecule has 2 aromatic rings. The van der Waals surface area contributed by atoms with Crippen LogP contribution in [-0.4, -0.2) is 60.8 Å². The quantitative estimate of drug-likeness (QED) is 0.464. The van der Waals surface area contributed by atoms with Crippen molar-refractivity contribution < 1.29 is 14.3 Å². The van der Waals surface area contributed by atoms with E-state index < -0.39 is 0 Å². The van der Waals surface area contributed by atoms with E-state index in [9.17, 15) is 4.79 Å². The first-order chi connectivity index (χ1) is 15.1. The summed E-state index contributed by atoms with van der Waals surface area (Å²) < 4.78 is 10.2. The lowest BCUT2D eigenvalue weighted by molar-refractivity contribution is -0.140. The molecule has 1 aliphatic heterocycles. The second-order valence-electron chi connectivity index (χ2n) is 8.72. The number of carbonyl (C=O) groups excluding carboxylic acids is 1. The lowest BCUT2D eigenvalue weighted by Gasteiger charge is -2.26. The predicted molar refractivity (Wildman–Crippen MR) is 124 cm³/mol. The molecule has 1 N–H and O–H groups in total. The van der Waals surface area contributed by atoms with Crippen LogP contribution in [0.25, 0.3) is 10.2 Å². The average molecular weight is 447 g/mol. The molecule has 0 radical (unpaired) electrons. The molecule has 1 unspecified atom stereocenters. The van der Waals surface area contributed by atoms with Gasteiger partial charge >= 0.3 is 5.97 Å². The molecule has 2 aliphatic rings. The topological polar surface area (TPSA) is 76.6 Å². The van der Waals surface area contributed by atoms with Crippen LogP contribution in [0.15, 0.2) is 0 Å². The van der Waals surface area contributed by atoms with Crippen LogP contribution in [-0.2, 0) is 33.7 Å². The number of methoxy groups -OCH3 is 1. The molecular formula is C23H34N4O3S. The van der Waals surface area contributed by atoms with E-state index in [1.54, 1.807) is 0 Å². The highest BCUT2D eigenvalue weighted by Crippen LogP contribution is 2.40. The minimum Gasteiger partial charge on any atom is -0.469 e. The van der Waals surface area contributed by atoms with Crippen molar-refractivity contribution in [3.63, 3.8) is 0 Å². The first kappa shape index (κ1) is 22.4. The number of nitrogens with zero attached hydrogens (tertiary/aromatic N) is 3. The number of unbranched alkanes of at least 4 members (excludes halogenated alkanes) is 2. The Labute approximate surface area is 188 Å². The first-order valence-electron chi connectivity index (χ1n) is 11.6. The fraction of sp³-hybridized carbons (Fsp3) is 0.696. The van der Waals surface area contributed by atoms with Crippen molar-refractivity contribution in [2.75, 3.05) is 45.3 Å². The van der Waals surface area contributed by atoms with Gasteiger partial charge in [0.25, 0.3) is 0 Å². The highest BCUT2D eigenvalue weighted by atomic mass is 32.1. The Morgan fingerprint density at radius 3 is 2.90 bits per heavy atom. The summed E-state index contributed by atoms with van der Waals surface area (Å²) in [6.45, 7) is 7.40. The molecule has 1 aliphatic carbocycles. The van der Waals surface area contributed by atoms with Crippen LogP contribution in [0.2, 0.25) is 0 Å². The monoisotopic (exact) mass is 446 g/mol. The van der Waals surface area contributed by atoms with Crippen molar-refractivity contribution in [1.82, 2.24) is 14.9 Å². The molecule has 31 heavy (non-hydrogen) atoms. The summed E-state index contributed by atoms with van der Waals surface area (Å²) in [7, 11) is 1.45. The van der Waals surface area contributed by atoms with Crippen molar-refractivity contribution in [3.8, 4) is 0 Å². The van der Waals surface area contributed by atoms with Crippen LogP contribution in [0, 0.1) is 5.92 Å². The fourth-order valence-electron chi connectivity index (χ4n) is 4.42. The van der Waals surface area contributed by atoms with E-state index in [4.69, 9.17) is 19.4 Å². The van der Waals surface area contributed by atoms with E-state index in [2.05, 4.69) is 17.1 Å². The number of morpholine rings is 1. The van der Waals surface area contributed by atoms with Crippen molar-refractivity contribution in [2.24, 2.45) is 5.92 Å². The zero-order valence-electron chi connectivity index (χ0n) is 18.7. The third-order valence-electron chi connectivity index (χ3n) is 6.25. The number of aryl methyl sites for hydroxylation is 1. The van der Waals surface area contributed by atoms with Gasteiger partial charge in [0.15, 0.2) is 0 Å². The molecule has 0 bridgehead atoms. The summed E-state index contributed by atoms with van der Waals surface area (Å²) in [5, 5.41) is 4.85. The number of rotatable bonds is 9. The van der Waals surface area contributed by atoms with E-state index in [1.807, 2.05) is 11.3 Å². The third kappa shape index (κ3) is 5.73. The molecule has 3 heterocycles. The molecule has 7 nitrogen and oxygen atoms in total. The molecule has 1 atom stereocenters. The lowest BCUT2D eigenvalue weighted by atomic mass is 9.89. The van der Waals surface area contributed by atoms with Crippen molar-refractivity contribution in [1.29, 1.82) is 0 Å². The summed E-state index contributed by atoms with van der Waals surface area (Å²) in [4.78, 5) is 26.2. The smallest absolute Gasteiger partial charge is 0.305 e. The van der Waals surface area contributed by atoms with Gasteiger partial charge in [0.1, 0.15) is 16.5 Å². The Morgan fingerprint density at radius 1 is 1.26 bits per heavy atom. The Bertz CT molecular complexity index is 895. The number of ether oxygens (including phenoxy) is 2. The van der Waals surface area contributed by atoms with Crippen LogP contribution in [0.1, 0.15) is 55.3 Å². The number of hydrogen-bond donors (Lipinski definition) is 1. The molecule has 0 saturated carbocycles. The summed E-state index contributed by atoms with van der Waals surface area (Å²) in [6, 6.07) is 0. The van der Waals surface area contributed by atoms with E-state index in [-0.39, 0.29) is 5.97 Å². The average Bonchev–Trinajstić information content (AvgIpc) is 3.13. The number of thiophene rings is 1. The van der Waals surface area contributed by atoms with Crippen molar-refractivity contribution in [3.05, 3.63) is 16.3 Å². The molecule has 0 amide bonds. The Hall–Kier alpha value is -1.77. The molecule has 0 aromatic carbocycles. The molecule has 4 rings (SSSR count). The maximum Gasteiger partial charge on any atom is 0.305 e.